The van der Waals surface area contributed by atoms with E-state index in [0.29, 0.717) is 16.9 Å². The molecule has 9 heteroatoms. The number of rotatable bonds is 6. The normalized spacial score (nSPS) is 15.1. The standard InChI is InChI=1S/C23H27N3O5S/c1-25-13-18(14-4-5-19(30-2)20(10-14)31-3)21-17(22(25)27)11-16(32-21)12-26-8-6-15(7-9-26)24-23(28)29/h4-5,10-11,13,15,24H,6-9,12H2,1-3H3,(H,28,29). The topological polar surface area (TPSA) is 93.0 Å². The lowest BCUT2D eigenvalue weighted by Crippen LogP contribution is -2.43. The molecule has 3 heterocycles. The molecule has 2 N–H and O–H groups in total. The highest BCUT2D eigenvalue weighted by Gasteiger charge is 2.22. The van der Waals surface area contributed by atoms with Crippen LogP contribution in [0.25, 0.3) is 21.2 Å². The molecule has 3 aromatic rings. The average molecular weight is 458 g/mol. The van der Waals surface area contributed by atoms with Crippen LogP contribution in [0, 0.1) is 0 Å². The van der Waals surface area contributed by atoms with Gasteiger partial charge in [0.1, 0.15) is 0 Å². The average Bonchev–Trinajstić information content (AvgIpc) is 3.20. The van der Waals surface area contributed by atoms with Crippen LogP contribution in [0.2, 0.25) is 0 Å². The number of hydrogen-bond acceptors (Lipinski definition) is 6. The van der Waals surface area contributed by atoms with E-state index in [1.807, 2.05) is 30.5 Å². The highest BCUT2D eigenvalue weighted by atomic mass is 32.1. The van der Waals surface area contributed by atoms with Gasteiger partial charge in [-0.15, -0.1) is 11.3 Å². The molecule has 2 aromatic heterocycles. The maximum Gasteiger partial charge on any atom is 0.404 e. The summed E-state index contributed by atoms with van der Waals surface area (Å²) in [4.78, 5) is 27.1. The Morgan fingerprint density at radius 2 is 1.91 bits per heavy atom. The van der Waals surface area contributed by atoms with E-state index in [1.165, 1.54) is 0 Å². The highest BCUT2D eigenvalue weighted by molar-refractivity contribution is 7.19. The van der Waals surface area contributed by atoms with Gasteiger partial charge in [-0.3, -0.25) is 9.69 Å². The number of fused-ring (bicyclic) bond motifs is 1. The van der Waals surface area contributed by atoms with Crippen LogP contribution in [-0.2, 0) is 13.6 Å². The number of ether oxygens (including phenoxy) is 2. The maximum absolute atomic E-state index is 12.8. The van der Waals surface area contributed by atoms with Crippen molar-refractivity contribution < 1.29 is 19.4 Å². The number of piperidine rings is 1. The lowest BCUT2D eigenvalue weighted by molar-refractivity contribution is 0.166. The van der Waals surface area contributed by atoms with Crippen molar-refractivity contribution in [1.29, 1.82) is 0 Å². The molecule has 32 heavy (non-hydrogen) atoms. The van der Waals surface area contributed by atoms with Gasteiger partial charge in [-0.25, -0.2) is 4.79 Å². The maximum atomic E-state index is 12.8. The molecule has 170 valence electrons. The van der Waals surface area contributed by atoms with E-state index >= 15 is 0 Å². The SMILES string of the molecule is COc1ccc(-c2cn(C)c(=O)c3cc(CN4CCC(NC(=O)O)CC4)sc23)cc1OC. The van der Waals surface area contributed by atoms with Crippen LogP contribution in [0.1, 0.15) is 17.7 Å². The minimum absolute atomic E-state index is 0.00936. The van der Waals surface area contributed by atoms with Gasteiger partial charge in [0.25, 0.3) is 5.56 Å². The number of thiophene rings is 1. The Labute approximate surface area is 190 Å². The largest absolute Gasteiger partial charge is 0.493 e. The van der Waals surface area contributed by atoms with Crippen LogP contribution in [-0.4, -0.2) is 54.0 Å². The molecule has 1 fully saturated rings. The third kappa shape index (κ3) is 4.44. The van der Waals surface area contributed by atoms with E-state index in [9.17, 15) is 9.59 Å². The highest BCUT2D eigenvalue weighted by Crippen LogP contribution is 2.37. The van der Waals surface area contributed by atoms with Crippen LogP contribution in [0.3, 0.4) is 0 Å². The van der Waals surface area contributed by atoms with E-state index < -0.39 is 6.09 Å². The number of methoxy groups -OCH3 is 2. The number of aryl methyl sites for hydroxylation is 1. The molecular weight excluding hydrogens is 430 g/mol. The van der Waals surface area contributed by atoms with Crippen molar-refractivity contribution >= 4 is 27.5 Å². The molecule has 0 spiro atoms. The molecule has 1 aliphatic rings. The molecule has 0 radical (unpaired) electrons. The molecule has 0 unspecified atom stereocenters. The third-order valence-electron chi connectivity index (χ3n) is 5.89. The number of aromatic nitrogens is 1. The number of carboxylic acid groups (broad SMARTS) is 1. The van der Waals surface area contributed by atoms with Gasteiger partial charge >= 0.3 is 6.09 Å². The minimum atomic E-state index is -0.966. The van der Waals surface area contributed by atoms with Gasteiger partial charge in [0.15, 0.2) is 11.5 Å². The zero-order chi connectivity index (χ0) is 22.8. The lowest BCUT2D eigenvalue weighted by Gasteiger charge is -2.31. The molecule has 0 saturated carbocycles. The molecule has 0 bridgehead atoms. The van der Waals surface area contributed by atoms with Crippen molar-refractivity contribution in [3.63, 3.8) is 0 Å². The summed E-state index contributed by atoms with van der Waals surface area (Å²) in [6.45, 7) is 2.38. The van der Waals surface area contributed by atoms with E-state index in [4.69, 9.17) is 14.6 Å². The fourth-order valence-electron chi connectivity index (χ4n) is 4.22. The number of hydrogen-bond donors (Lipinski definition) is 2. The minimum Gasteiger partial charge on any atom is -0.493 e. The molecule has 8 nitrogen and oxygen atoms in total. The molecular formula is C23H27N3O5S. The molecule has 4 rings (SSSR count). The van der Waals surface area contributed by atoms with Gasteiger partial charge in [0.05, 0.1) is 19.6 Å². The van der Waals surface area contributed by atoms with Crippen molar-refractivity contribution in [2.45, 2.75) is 25.4 Å². The van der Waals surface area contributed by atoms with E-state index in [2.05, 4.69) is 10.2 Å². The van der Waals surface area contributed by atoms with Gasteiger partial charge in [0.2, 0.25) is 0 Å². The van der Waals surface area contributed by atoms with Gasteiger partial charge in [-0.2, -0.15) is 0 Å². The third-order valence-corrected chi connectivity index (χ3v) is 7.04. The number of carbonyl (C=O) groups is 1. The van der Waals surface area contributed by atoms with Crippen molar-refractivity contribution in [2.75, 3.05) is 27.3 Å². The smallest absolute Gasteiger partial charge is 0.404 e. The monoisotopic (exact) mass is 457 g/mol. The van der Waals surface area contributed by atoms with Crippen LogP contribution in [0.5, 0.6) is 11.5 Å². The number of nitrogens with one attached hydrogen (secondary N) is 1. The van der Waals surface area contributed by atoms with Crippen LogP contribution >= 0.6 is 11.3 Å². The Hall–Kier alpha value is -3.04. The second kappa shape index (κ2) is 9.22. The summed E-state index contributed by atoms with van der Waals surface area (Å²) in [5.41, 5.74) is 1.91. The van der Waals surface area contributed by atoms with Crippen molar-refractivity contribution in [2.24, 2.45) is 7.05 Å². The Morgan fingerprint density at radius 3 is 2.56 bits per heavy atom. The summed E-state index contributed by atoms with van der Waals surface area (Å²) in [6.07, 6.45) is 2.48. The fraction of sp³-hybridized carbons (Fsp3) is 0.391. The molecule has 1 saturated heterocycles. The first-order chi connectivity index (χ1) is 15.4. The van der Waals surface area contributed by atoms with E-state index in [1.54, 1.807) is 37.2 Å². The van der Waals surface area contributed by atoms with Crippen molar-refractivity contribution in [1.82, 2.24) is 14.8 Å². The Kier molecular flexibility index (Phi) is 6.38. The van der Waals surface area contributed by atoms with Gasteiger partial charge in [-0.1, -0.05) is 6.07 Å². The number of amides is 1. The predicted octanol–water partition coefficient (Wildman–Crippen LogP) is 3.52. The Balaban J connectivity index is 1.64. The van der Waals surface area contributed by atoms with Crippen molar-refractivity contribution in [3.8, 4) is 22.6 Å². The van der Waals surface area contributed by atoms with Gasteiger partial charge in [0, 0.05) is 54.1 Å². The molecule has 0 atom stereocenters. The molecule has 1 aliphatic heterocycles. The van der Waals surface area contributed by atoms with E-state index in [-0.39, 0.29) is 11.6 Å². The number of likely N-dealkylation sites (tertiary alicyclic amines) is 1. The number of benzene rings is 1. The van der Waals surface area contributed by atoms with Crippen molar-refractivity contribution in [3.05, 3.63) is 45.7 Å². The summed E-state index contributed by atoms with van der Waals surface area (Å²) in [7, 11) is 4.98. The predicted molar refractivity (Wildman–Crippen MR) is 125 cm³/mol. The van der Waals surface area contributed by atoms with Crippen LogP contribution in [0.15, 0.2) is 35.3 Å². The van der Waals surface area contributed by atoms with Crippen LogP contribution < -0.4 is 20.3 Å². The zero-order valence-corrected chi connectivity index (χ0v) is 19.2. The summed E-state index contributed by atoms with van der Waals surface area (Å²) >= 11 is 1.63. The quantitative estimate of drug-likeness (QED) is 0.588. The Morgan fingerprint density at radius 1 is 1.19 bits per heavy atom. The number of pyridine rings is 1. The second-order valence-electron chi connectivity index (χ2n) is 7.98. The van der Waals surface area contributed by atoms with Gasteiger partial charge in [-0.05, 0) is 36.6 Å². The first-order valence-corrected chi connectivity index (χ1v) is 11.3. The molecule has 1 amide bonds. The van der Waals surface area contributed by atoms with E-state index in [0.717, 1.165) is 53.2 Å². The number of nitrogens with zero attached hydrogens (tertiary/aromatic N) is 2. The second-order valence-corrected chi connectivity index (χ2v) is 9.12. The summed E-state index contributed by atoms with van der Waals surface area (Å²) in [5.74, 6) is 1.30. The lowest BCUT2D eigenvalue weighted by atomic mass is 10.0. The summed E-state index contributed by atoms with van der Waals surface area (Å²) in [5, 5.41) is 12.2. The Bertz CT molecular complexity index is 1190. The summed E-state index contributed by atoms with van der Waals surface area (Å²) in [6, 6.07) is 7.77. The van der Waals surface area contributed by atoms with Gasteiger partial charge < -0.3 is 24.5 Å². The first-order valence-electron chi connectivity index (χ1n) is 10.5. The fourth-order valence-corrected chi connectivity index (χ4v) is 5.44. The first kappa shape index (κ1) is 22.2. The van der Waals surface area contributed by atoms with Crippen LogP contribution in [0.4, 0.5) is 4.79 Å². The molecule has 1 aromatic carbocycles. The summed E-state index contributed by atoms with van der Waals surface area (Å²) < 4.78 is 13.4. The zero-order valence-electron chi connectivity index (χ0n) is 18.4. The molecule has 0 aliphatic carbocycles.